The summed E-state index contributed by atoms with van der Waals surface area (Å²) in [5, 5.41) is 16.0. The van der Waals surface area contributed by atoms with Crippen LogP contribution >= 0.6 is 23.2 Å². The van der Waals surface area contributed by atoms with E-state index in [0.717, 1.165) is 6.42 Å². The van der Waals surface area contributed by atoms with Gasteiger partial charge in [0.25, 0.3) is 11.9 Å². The quantitative estimate of drug-likeness (QED) is 0.327. The molecule has 3 aliphatic heterocycles. The summed E-state index contributed by atoms with van der Waals surface area (Å²) in [6.07, 6.45) is 1.51. The molecule has 0 saturated carbocycles. The fourth-order valence-corrected chi connectivity index (χ4v) is 7.06. The van der Waals surface area contributed by atoms with Gasteiger partial charge in [-0.15, -0.1) is 0 Å². The highest BCUT2D eigenvalue weighted by atomic mass is 35.5. The van der Waals surface area contributed by atoms with Crippen molar-refractivity contribution in [1.82, 2.24) is 4.90 Å². The molecule has 3 aromatic rings. The van der Waals surface area contributed by atoms with E-state index in [1.807, 2.05) is 4.90 Å². The molecule has 1 N–H and O–H groups in total. The van der Waals surface area contributed by atoms with E-state index in [1.54, 1.807) is 54.6 Å². The minimum absolute atomic E-state index is 0.0805. The molecule has 2 saturated heterocycles. The zero-order valence-electron chi connectivity index (χ0n) is 19.5. The molecule has 190 valence electrons. The Hall–Kier alpha value is -3.20. The fourth-order valence-electron chi connectivity index (χ4n) is 6.45. The Morgan fingerprint density at radius 1 is 1.14 bits per heavy atom. The topological polar surface area (TPSA) is 84.7 Å². The van der Waals surface area contributed by atoms with Crippen LogP contribution in [0.15, 0.2) is 60.7 Å². The first-order chi connectivity index (χ1) is 17.8. The van der Waals surface area contributed by atoms with Crippen LogP contribution in [0.2, 0.25) is 10.0 Å². The number of ether oxygens (including phenoxy) is 1. The third kappa shape index (κ3) is 3.54. The second kappa shape index (κ2) is 8.97. The molecule has 0 radical (unpaired) electrons. The molecule has 0 bridgehead atoms. The maximum Gasteiger partial charge on any atom is 0.256 e. The van der Waals surface area contributed by atoms with E-state index in [4.69, 9.17) is 27.9 Å². The Labute approximate surface area is 222 Å². The van der Waals surface area contributed by atoms with Crippen LogP contribution in [-0.2, 0) is 16.9 Å². The van der Waals surface area contributed by atoms with Crippen molar-refractivity contribution in [2.45, 2.75) is 43.0 Å². The Balaban J connectivity index is 1.42. The van der Waals surface area contributed by atoms with E-state index >= 15 is 0 Å². The lowest BCUT2D eigenvalue weighted by Gasteiger charge is -2.32. The standard InChI is InChI=1S/C27H22Cl2FN3O4/c28-18-12-16(13-19(29)24(18)37-14-15-6-1-3-8-20(15)30)23-22-10-5-11-32(22)27(25(23)33(35)36)17-7-2-4-9-21(17)31-26(27)34/h1-4,6-9,12-13,22-23,25H,5,10-11,14H2,(H,31,34)/t22-,23+,25+,27-/m0/s1. The summed E-state index contributed by atoms with van der Waals surface area (Å²) in [5.74, 6) is -1.25. The van der Waals surface area contributed by atoms with Gasteiger partial charge in [-0.05, 0) is 42.7 Å². The maximum atomic E-state index is 14.0. The van der Waals surface area contributed by atoms with Crippen LogP contribution < -0.4 is 10.1 Å². The van der Waals surface area contributed by atoms with E-state index in [1.165, 1.54) is 6.07 Å². The number of hydrogen-bond acceptors (Lipinski definition) is 5. The van der Waals surface area contributed by atoms with Crippen molar-refractivity contribution < 1.29 is 18.8 Å². The SMILES string of the molecule is O=C1Nc2ccccc2[C@]12[C@H]([N+](=O)[O-])[C@H](c1cc(Cl)c(OCc3ccccc3F)c(Cl)c1)[C@@H]1CCCN12. The Kier molecular flexibility index (Phi) is 5.86. The molecule has 0 aliphatic carbocycles. The fraction of sp³-hybridized carbons (Fsp3) is 0.296. The van der Waals surface area contributed by atoms with Crippen molar-refractivity contribution in [2.75, 3.05) is 11.9 Å². The van der Waals surface area contributed by atoms with Gasteiger partial charge in [-0.25, -0.2) is 4.39 Å². The summed E-state index contributed by atoms with van der Waals surface area (Å²) in [7, 11) is 0. The van der Waals surface area contributed by atoms with Crippen molar-refractivity contribution in [2.24, 2.45) is 0 Å². The van der Waals surface area contributed by atoms with E-state index in [-0.39, 0.29) is 39.3 Å². The molecule has 1 amide bonds. The molecule has 10 heteroatoms. The number of carbonyl (C=O) groups excluding carboxylic acids is 1. The van der Waals surface area contributed by atoms with E-state index in [0.29, 0.717) is 35.3 Å². The zero-order valence-corrected chi connectivity index (χ0v) is 21.0. The van der Waals surface area contributed by atoms with Crippen molar-refractivity contribution in [3.8, 4) is 5.75 Å². The normalized spacial score (nSPS) is 26.2. The Morgan fingerprint density at radius 3 is 2.57 bits per heavy atom. The van der Waals surface area contributed by atoms with Gasteiger partial charge in [-0.3, -0.25) is 19.8 Å². The zero-order chi connectivity index (χ0) is 25.9. The minimum Gasteiger partial charge on any atom is -0.486 e. The molecular formula is C27H22Cl2FN3O4. The molecular weight excluding hydrogens is 520 g/mol. The number of para-hydroxylation sites is 1. The van der Waals surface area contributed by atoms with Gasteiger partial charge in [-0.1, -0.05) is 59.6 Å². The Bertz CT molecular complexity index is 1410. The van der Waals surface area contributed by atoms with E-state index < -0.39 is 23.3 Å². The number of nitro groups is 1. The van der Waals surface area contributed by atoms with Crippen LogP contribution in [0.3, 0.4) is 0 Å². The summed E-state index contributed by atoms with van der Waals surface area (Å²) in [6, 6.07) is 15.1. The van der Waals surface area contributed by atoms with Gasteiger partial charge in [-0.2, -0.15) is 0 Å². The third-order valence-electron chi connectivity index (χ3n) is 7.83. The van der Waals surface area contributed by atoms with Gasteiger partial charge in [0, 0.05) is 34.3 Å². The number of halogens is 3. The predicted molar refractivity (Wildman–Crippen MR) is 137 cm³/mol. The number of hydrogen-bond donors (Lipinski definition) is 1. The van der Waals surface area contributed by atoms with Crippen molar-refractivity contribution in [3.63, 3.8) is 0 Å². The van der Waals surface area contributed by atoms with Gasteiger partial charge < -0.3 is 10.1 Å². The number of anilines is 1. The molecule has 0 unspecified atom stereocenters. The van der Waals surface area contributed by atoms with Crippen molar-refractivity contribution in [1.29, 1.82) is 0 Å². The average molecular weight is 542 g/mol. The second-order valence-corrected chi connectivity index (χ2v) is 10.4. The summed E-state index contributed by atoms with van der Waals surface area (Å²) < 4.78 is 19.8. The summed E-state index contributed by atoms with van der Waals surface area (Å²) in [6.45, 7) is 0.488. The molecule has 3 heterocycles. The molecule has 7 nitrogen and oxygen atoms in total. The van der Waals surface area contributed by atoms with Gasteiger partial charge in [0.2, 0.25) is 0 Å². The number of rotatable bonds is 5. The lowest BCUT2D eigenvalue weighted by Crippen LogP contribution is -2.55. The van der Waals surface area contributed by atoms with Crippen LogP contribution in [0.25, 0.3) is 0 Å². The largest absolute Gasteiger partial charge is 0.486 e. The summed E-state index contributed by atoms with van der Waals surface area (Å²) >= 11 is 13.2. The van der Waals surface area contributed by atoms with Gasteiger partial charge in [0.15, 0.2) is 11.3 Å². The predicted octanol–water partition coefficient (Wildman–Crippen LogP) is 5.77. The average Bonchev–Trinajstić information content (AvgIpc) is 3.52. The number of benzene rings is 3. The minimum atomic E-state index is -1.43. The number of carbonyl (C=O) groups is 1. The number of amides is 1. The van der Waals surface area contributed by atoms with Crippen LogP contribution in [0.4, 0.5) is 10.1 Å². The molecule has 2 fully saturated rings. The van der Waals surface area contributed by atoms with Crippen LogP contribution in [0.5, 0.6) is 5.75 Å². The molecule has 1 spiro atoms. The summed E-state index contributed by atoms with van der Waals surface area (Å²) in [4.78, 5) is 28.0. The monoisotopic (exact) mass is 541 g/mol. The molecule has 3 aliphatic rings. The highest BCUT2D eigenvalue weighted by Crippen LogP contribution is 2.58. The van der Waals surface area contributed by atoms with E-state index in [2.05, 4.69) is 5.32 Å². The lowest BCUT2D eigenvalue weighted by atomic mass is 9.77. The first-order valence-corrected chi connectivity index (χ1v) is 12.8. The number of nitrogens with one attached hydrogen (secondary N) is 1. The lowest BCUT2D eigenvalue weighted by molar-refractivity contribution is -0.534. The molecule has 37 heavy (non-hydrogen) atoms. The molecule has 6 rings (SSSR count). The molecule has 0 aromatic heterocycles. The number of fused-ring (bicyclic) bond motifs is 4. The Morgan fingerprint density at radius 2 is 1.84 bits per heavy atom. The summed E-state index contributed by atoms with van der Waals surface area (Å²) in [5.41, 5.74) is 0.709. The smallest absolute Gasteiger partial charge is 0.256 e. The second-order valence-electron chi connectivity index (χ2n) is 9.62. The molecule has 3 aromatic carbocycles. The van der Waals surface area contributed by atoms with Gasteiger partial charge in [0.05, 0.1) is 16.0 Å². The maximum absolute atomic E-state index is 14.0. The van der Waals surface area contributed by atoms with Crippen molar-refractivity contribution in [3.05, 3.63) is 103 Å². The van der Waals surface area contributed by atoms with Crippen molar-refractivity contribution >= 4 is 34.8 Å². The van der Waals surface area contributed by atoms with Gasteiger partial charge >= 0.3 is 0 Å². The highest BCUT2D eigenvalue weighted by Gasteiger charge is 2.73. The molecule has 4 atom stereocenters. The van der Waals surface area contributed by atoms with E-state index in [9.17, 15) is 19.3 Å². The van der Waals surface area contributed by atoms with Crippen LogP contribution in [-0.4, -0.2) is 34.4 Å². The van der Waals surface area contributed by atoms with Gasteiger partial charge in [0.1, 0.15) is 12.4 Å². The number of nitrogens with zero attached hydrogens (tertiary/aromatic N) is 2. The first kappa shape index (κ1) is 24.2. The highest BCUT2D eigenvalue weighted by molar-refractivity contribution is 6.37. The van der Waals surface area contributed by atoms with Crippen LogP contribution in [0, 0.1) is 15.9 Å². The van der Waals surface area contributed by atoms with Crippen LogP contribution in [0.1, 0.15) is 35.4 Å². The third-order valence-corrected chi connectivity index (χ3v) is 8.39. The first-order valence-electron chi connectivity index (χ1n) is 12.0.